The van der Waals surface area contributed by atoms with E-state index in [1.165, 1.54) is 24.1 Å². The van der Waals surface area contributed by atoms with Crippen LogP contribution in [0.4, 0.5) is 0 Å². The van der Waals surface area contributed by atoms with Crippen LogP contribution in [0.5, 0.6) is 0 Å². The second kappa shape index (κ2) is 4.74. The monoisotopic (exact) mass is 307 g/mol. The van der Waals surface area contributed by atoms with E-state index in [0.29, 0.717) is 5.92 Å². The molecule has 0 amide bonds. The average Bonchev–Trinajstić information content (AvgIpc) is 2.74. The SMILES string of the molecule is CC1CCCC1C(N)c1cc(Br)c(Cl)s1. The van der Waals surface area contributed by atoms with Gasteiger partial charge in [-0.15, -0.1) is 11.3 Å². The summed E-state index contributed by atoms with van der Waals surface area (Å²) in [4.78, 5) is 1.21. The van der Waals surface area contributed by atoms with Gasteiger partial charge < -0.3 is 5.73 Å². The number of hydrogen-bond acceptors (Lipinski definition) is 2. The fourth-order valence-electron chi connectivity index (χ4n) is 2.45. The maximum Gasteiger partial charge on any atom is 0.107 e. The van der Waals surface area contributed by atoms with Crippen LogP contribution in [0.15, 0.2) is 10.5 Å². The van der Waals surface area contributed by atoms with Gasteiger partial charge in [-0.2, -0.15) is 0 Å². The second-order valence-corrected chi connectivity index (χ2v) is 6.91. The fourth-order valence-corrected chi connectivity index (χ4v) is 4.26. The largest absolute Gasteiger partial charge is 0.323 e. The molecule has 2 N–H and O–H groups in total. The summed E-state index contributed by atoms with van der Waals surface area (Å²) in [6.07, 6.45) is 3.90. The first-order valence-corrected chi connectivity index (χ1v) is 7.28. The van der Waals surface area contributed by atoms with E-state index in [9.17, 15) is 0 Å². The summed E-state index contributed by atoms with van der Waals surface area (Å²) in [6, 6.07) is 2.24. The molecule has 0 bridgehead atoms. The van der Waals surface area contributed by atoms with Crippen LogP contribution in [0.1, 0.15) is 37.1 Å². The minimum Gasteiger partial charge on any atom is -0.323 e. The Morgan fingerprint density at radius 2 is 2.33 bits per heavy atom. The van der Waals surface area contributed by atoms with Crippen molar-refractivity contribution in [3.63, 3.8) is 0 Å². The highest BCUT2D eigenvalue weighted by Crippen LogP contribution is 2.43. The Balaban J connectivity index is 2.16. The van der Waals surface area contributed by atoms with Gasteiger partial charge in [0.1, 0.15) is 4.34 Å². The van der Waals surface area contributed by atoms with Crippen LogP contribution in [-0.2, 0) is 0 Å². The maximum absolute atomic E-state index is 6.30. The third kappa shape index (κ3) is 2.41. The molecular formula is C11H15BrClNS. The molecule has 1 aliphatic carbocycles. The molecule has 15 heavy (non-hydrogen) atoms. The number of hydrogen-bond donors (Lipinski definition) is 1. The van der Waals surface area contributed by atoms with Crippen molar-refractivity contribution in [3.05, 3.63) is 19.8 Å². The van der Waals surface area contributed by atoms with Crippen LogP contribution < -0.4 is 5.73 Å². The first-order chi connectivity index (χ1) is 7.09. The number of halogens is 2. The Bertz CT molecular complexity index is 333. The first-order valence-electron chi connectivity index (χ1n) is 5.30. The van der Waals surface area contributed by atoms with Crippen molar-refractivity contribution < 1.29 is 0 Å². The molecule has 0 radical (unpaired) electrons. The van der Waals surface area contributed by atoms with E-state index in [-0.39, 0.29) is 6.04 Å². The van der Waals surface area contributed by atoms with E-state index >= 15 is 0 Å². The lowest BCUT2D eigenvalue weighted by molar-refractivity contribution is 0.354. The van der Waals surface area contributed by atoms with Crippen molar-refractivity contribution in [3.8, 4) is 0 Å². The Hall–Kier alpha value is 0.430. The van der Waals surface area contributed by atoms with Gasteiger partial charge >= 0.3 is 0 Å². The van der Waals surface area contributed by atoms with Crippen LogP contribution in [0.3, 0.4) is 0 Å². The smallest absolute Gasteiger partial charge is 0.107 e. The van der Waals surface area contributed by atoms with Crippen molar-refractivity contribution in [1.82, 2.24) is 0 Å². The molecule has 0 saturated heterocycles. The van der Waals surface area contributed by atoms with Crippen LogP contribution in [0.25, 0.3) is 0 Å². The maximum atomic E-state index is 6.30. The first kappa shape index (κ1) is 11.9. The summed E-state index contributed by atoms with van der Waals surface area (Å²) in [7, 11) is 0. The quantitative estimate of drug-likeness (QED) is 0.849. The van der Waals surface area contributed by atoms with Crippen molar-refractivity contribution in [2.45, 2.75) is 32.2 Å². The Morgan fingerprint density at radius 1 is 1.60 bits per heavy atom. The van der Waals surface area contributed by atoms with Crippen molar-refractivity contribution in [2.75, 3.05) is 0 Å². The van der Waals surface area contributed by atoms with Crippen LogP contribution >= 0.6 is 38.9 Å². The minimum absolute atomic E-state index is 0.163. The van der Waals surface area contributed by atoms with Gasteiger partial charge in [0.2, 0.25) is 0 Å². The summed E-state index contributed by atoms with van der Waals surface area (Å²) < 4.78 is 1.79. The number of thiophene rings is 1. The summed E-state index contributed by atoms with van der Waals surface area (Å²) in [5.41, 5.74) is 6.30. The molecule has 4 heteroatoms. The van der Waals surface area contributed by atoms with Crippen molar-refractivity contribution in [2.24, 2.45) is 17.6 Å². The molecule has 1 saturated carbocycles. The highest BCUT2D eigenvalue weighted by molar-refractivity contribution is 9.10. The Morgan fingerprint density at radius 3 is 2.80 bits per heavy atom. The van der Waals surface area contributed by atoms with E-state index in [1.54, 1.807) is 11.3 Å². The zero-order chi connectivity index (χ0) is 11.0. The van der Waals surface area contributed by atoms with Gasteiger partial charge in [-0.1, -0.05) is 31.4 Å². The molecule has 0 aromatic carbocycles. The molecule has 1 nitrogen and oxygen atoms in total. The van der Waals surface area contributed by atoms with Crippen molar-refractivity contribution >= 4 is 38.9 Å². The highest BCUT2D eigenvalue weighted by Gasteiger charge is 2.30. The van der Waals surface area contributed by atoms with Gasteiger partial charge in [-0.3, -0.25) is 0 Å². The molecule has 3 atom stereocenters. The fraction of sp³-hybridized carbons (Fsp3) is 0.636. The lowest BCUT2D eigenvalue weighted by atomic mass is 9.90. The van der Waals surface area contributed by atoms with E-state index in [0.717, 1.165) is 14.7 Å². The Kier molecular flexibility index (Phi) is 3.76. The lowest BCUT2D eigenvalue weighted by Gasteiger charge is -2.21. The van der Waals surface area contributed by atoms with Crippen LogP contribution in [-0.4, -0.2) is 0 Å². The predicted molar refractivity (Wildman–Crippen MR) is 70.5 cm³/mol. The van der Waals surface area contributed by atoms with Gasteiger partial charge in [0.15, 0.2) is 0 Å². The van der Waals surface area contributed by atoms with Gasteiger partial charge in [-0.25, -0.2) is 0 Å². The molecule has 1 aliphatic rings. The molecule has 3 unspecified atom stereocenters. The second-order valence-electron chi connectivity index (χ2n) is 4.37. The molecule has 1 aromatic rings. The number of rotatable bonds is 2. The third-order valence-electron chi connectivity index (χ3n) is 3.38. The predicted octanol–water partition coefficient (Wildman–Crippen LogP) is 4.60. The molecular weight excluding hydrogens is 294 g/mol. The third-order valence-corrected chi connectivity index (χ3v) is 5.96. The normalized spacial score (nSPS) is 28.3. The summed E-state index contributed by atoms with van der Waals surface area (Å²) in [5, 5.41) is 0. The standard InChI is InChI=1S/C11H15BrClNS/c1-6-3-2-4-7(6)10(14)9-5-8(12)11(13)15-9/h5-7,10H,2-4,14H2,1H3. The van der Waals surface area contributed by atoms with E-state index in [2.05, 4.69) is 28.9 Å². The average molecular weight is 309 g/mol. The summed E-state index contributed by atoms with van der Waals surface area (Å²) >= 11 is 11.1. The topological polar surface area (TPSA) is 26.0 Å². The van der Waals surface area contributed by atoms with Crippen LogP contribution in [0, 0.1) is 11.8 Å². The van der Waals surface area contributed by atoms with Gasteiger partial charge in [0, 0.05) is 15.4 Å². The van der Waals surface area contributed by atoms with Gasteiger partial charge in [-0.05, 0) is 40.3 Å². The van der Waals surface area contributed by atoms with E-state index in [1.807, 2.05) is 0 Å². The lowest BCUT2D eigenvalue weighted by Crippen LogP contribution is -2.22. The van der Waals surface area contributed by atoms with Gasteiger partial charge in [0.25, 0.3) is 0 Å². The minimum atomic E-state index is 0.163. The molecule has 1 aromatic heterocycles. The molecule has 1 heterocycles. The van der Waals surface area contributed by atoms with Gasteiger partial charge in [0.05, 0.1) is 0 Å². The molecule has 2 rings (SSSR count). The zero-order valence-corrected chi connectivity index (χ0v) is 11.8. The molecule has 1 fully saturated rings. The highest BCUT2D eigenvalue weighted by atomic mass is 79.9. The van der Waals surface area contributed by atoms with Crippen molar-refractivity contribution in [1.29, 1.82) is 0 Å². The summed E-state index contributed by atoms with van der Waals surface area (Å²) in [5.74, 6) is 1.38. The Labute approximate surface area is 108 Å². The van der Waals surface area contributed by atoms with E-state index in [4.69, 9.17) is 17.3 Å². The molecule has 0 spiro atoms. The van der Waals surface area contributed by atoms with E-state index < -0.39 is 0 Å². The summed E-state index contributed by atoms with van der Waals surface area (Å²) in [6.45, 7) is 2.31. The zero-order valence-electron chi connectivity index (χ0n) is 8.67. The number of nitrogens with two attached hydrogens (primary N) is 1. The van der Waals surface area contributed by atoms with Crippen LogP contribution in [0.2, 0.25) is 4.34 Å². The molecule has 0 aliphatic heterocycles. The molecule has 84 valence electrons.